The molecule has 88 valence electrons. The van der Waals surface area contributed by atoms with E-state index in [2.05, 4.69) is 23.9 Å². The highest BCUT2D eigenvalue weighted by molar-refractivity contribution is 5.82. The van der Waals surface area contributed by atoms with Crippen molar-refractivity contribution in [1.29, 1.82) is 0 Å². The van der Waals surface area contributed by atoms with E-state index in [-0.39, 0.29) is 5.92 Å². The van der Waals surface area contributed by atoms with Gasteiger partial charge in [-0.05, 0) is 26.7 Å². The zero-order valence-corrected chi connectivity index (χ0v) is 9.98. The molecule has 0 aromatic carbocycles. The van der Waals surface area contributed by atoms with Gasteiger partial charge in [0.1, 0.15) is 5.84 Å². The van der Waals surface area contributed by atoms with Crippen LogP contribution in [0.3, 0.4) is 0 Å². The van der Waals surface area contributed by atoms with Crippen LogP contribution in [0.5, 0.6) is 0 Å². The van der Waals surface area contributed by atoms with E-state index in [1.165, 1.54) is 19.3 Å². The predicted molar refractivity (Wildman–Crippen MR) is 62.1 cm³/mol. The van der Waals surface area contributed by atoms with Crippen LogP contribution < -0.4 is 5.73 Å². The Morgan fingerprint density at radius 1 is 1.47 bits per heavy atom. The van der Waals surface area contributed by atoms with Gasteiger partial charge < -0.3 is 10.9 Å². The molecule has 1 aliphatic heterocycles. The lowest BCUT2D eigenvalue weighted by atomic mass is 9.96. The van der Waals surface area contributed by atoms with E-state index in [4.69, 9.17) is 10.9 Å². The fourth-order valence-corrected chi connectivity index (χ4v) is 2.34. The molecule has 0 bridgehead atoms. The van der Waals surface area contributed by atoms with Gasteiger partial charge in [-0.3, -0.25) is 4.90 Å². The van der Waals surface area contributed by atoms with Crippen LogP contribution in [0.1, 0.15) is 40.0 Å². The Bertz CT molecular complexity index is 220. The lowest BCUT2D eigenvalue weighted by Crippen LogP contribution is -2.47. The highest BCUT2D eigenvalue weighted by Gasteiger charge is 2.26. The number of rotatable bonds is 3. The molecule has 3 unspecified atom stereocenters. The Kier molecular flexibility index (Phi) is 4.39. The third-order valence-electron chi connectivity index (χ3n) is 3.48. The summed E-state index contributed by atoms with van der Waals surface area (Å²) in [7, 11) is 0. The van der Waals surface area contributed by atoms with Crippen molar-refractivity contribution in [2.24, 2.45) is 16.8 Å². The standard InChI is InChI=1S/C11H23N3O/c1-8(11(12)13-15)7-14-9(2)5-4-6-10(14)3/h8-10,15H,4-7H2,1-3H3,(H2,12,13). The molecule has 15 heavy (non-hydrogen) atoms. The highest BCUT2D eigenvalue weighted by Crippen LogP contribution is 2.23. The van der Waals surface area contributed by atoms with Gasteiger partial charge in [0, 0.05) is 24.5 Å². The Labute approximate surface area is 92.1 Å². The van der Waals surface area contributed by atoms with Crippen LogP contribution in [0.25, 0.3) is 0 Å². The van der Waals surface area contributed by atoms with Crippen LogP contribution >= 0.6 is 0 Å². The molecule has 0 saturated carbocycles. The molecule has 3 atom stereocenters. The average molecular weight is 213 g/mol. The summed E-state index contributed by atoms with van der Waals surface area (Å²) in [6.45, 7) is 7.41. The lowest BCUT2D eigenvalue weighted by molar-refractivity contribution is 0.0955. The number of nitrogens with two attached hydrogens (primary N) is 1. The molecular formula is C11H23N3O. The maximum atomic E-state index is 8.61. The van der Waals surface area contributed by atoms with E-state index in [9.17, 15) is 0 Å². The van der Waals surface area contributed by atoms with Gasteiger partial charge in [-0.15, -0.1) is 0 Å². The minimum atomic E-state index is 0.123. The number of hydrogen-bond acceptors (Lipinski definition) is 3. The zero-order valence-electron chi connectivity index (χ0n) is 9.98. The maximum Gasteiger partial charge on any atom is 0.143 e. The van der Waals surface area contributed by atoms with Crippen LogP contribution in [0.4, 0.5) is 0 Å². The minimum Gasteiger partial charge on any atom is -0.409 e. The molecule has 1 saturated heterocycles. The molecule has 1 rings (SSSR count). The SMILES string of the molecule is CC(CN1C(C)CCCC1C)/C(N)=N/O. The summed E-state index contributed by atoms with van der Waals surface area (Å²) in [5.41, 5.74) is 5.60. The monoisotopic (exact) mass is 213 g/mol. The Balaban J connectivity index is 2.54. The van der Waals surface area contributed by atoms with Gasteiger partial charge in [-0.2, -0.15) is 0 Å². The van der Waals surface area contributed by atoms with E-state index in [1.54, 1.807) is 0 Å². The summed E-state index contributed by atoms with van der Waals surface area (Å²) in [4.78, 5) is 2.46. The van der Waals surface area contributed by atoms with Crippen molar-refractivity contribution < 1.29 is 5.21 Å². The van der Waals surface area contributed by atoms with E-state index < -0.39 is 0 Å². The molecule has 1 aliphatic rings. The topological polar surface area (TPSA) is 61.8 Å². The van der Waals surface area contributed by atoms with Gasteiger partial charge in [0.05, 0.1) is 0 Å². The van der Waals surface area contributed by atoms with Crippen molar-refractivity contribution in [3.8, 4) is 0 Å². The van der Waals surface area contributed by atoms with Crippen LogP contribution in [-0.2, 0) is 0 Å². The summed E-state index contributed by atoms with van der Waals surface area (Å²) in [6, 6.07) is 1.23. The summed E-state index contributed by atoms with van der Waals surface area (Å²) >= 11 is 0. The van der Waals surface area contributed by atoms with Gasteiger partial charge in [0.15, 0.2) is 0 Å². The van der Waals surface area contributed by atoms with Gasteiger partial charge in [0.2, 0.25) is 0 Å². The van der Waals surface area contributed by atoms with Gasteiger partial charge in [-0.1, -0.05) is 18.5 Å². The molecule has 0 aliphatic carbocycles. The Hall–Kier alpha value is -0.770. The van der Waals surface area contributed by atoms with Crippen molar-refractivity contribution >= 4 is 5.84 Å². The second-order valence-electron chi connectivity index (χ2n) is 4.75. The van der Waals surface area contributed by atoms with Crippen LogP contribution in [-0.4, -0.2) is 34.6 Å². The molecule has 0 radical (unpaired) electrons. The third-order valence-corrected chi connectivity index (χ3v) is 3.48. The molecule has 4 heteroatoms. The number of oxime groups is 1. The number of amidine groups is 1. The number of likely N-dealkylation sites (tertiary alicyclic amines) is 1. The smallest absolute Gasteiger partial charge is 0.143 e. The highest BCUT2D eigenvalue weighted by atomic mass is 16.4. The molecule has 1 fully saturated rings. The molecule has 0 aromatic heterocycles. The van der Waals surface area contributed by atoms with Crippen molar-refractivity contribution in [2.75, 3.05) is 6.54 Å². The summed E-state index contributed by atoms with van der Waals surface area (Å²) in [5, 5.41) is 11.7. The molecule has 4 nitrogen and oxygen atoms in total. The molecule has 3 N–H and O–H groups in total. The first-order valence-electron chi connectivity index (χ1n) is 5.79. The normalized spacial score (nSPS) is 31.5. The fourth-order valence-electron chi connectivity index (χ4n) is 2.34. The number of piperidine rings is 1. The van der Waals surface area contributed by atoms with E-state index in [0.29, 0.717) is 17.9 Å². The minimum absolute atomic E-state index is 0.123. The second kappa shape index (κ2) is 5.35. The molecule has 0 amide bonds. The Morgan fingerprint density at radius 3 is 2.47 bits per heavy atom. The summed E-state index contributed by atoms with van der Waals surface area (Å²) < 4.78 is 0. The first-order valence-corrected chi connectivity index (χ1v) is 5.79. The van der Waals surface area contributed by atoms with Crippen molar-refractivity contribution in [2.45, 2.75) is 52.1 Å². The second-order valence-corrected chi connectivity index (χ2v) is 4.75. The van der Waals surface area contributed by atoms with Gasteiger partial charge in [-0.25, -0.2) is 0 Å². The van der Waals surface area contributed by atoms with Crippen molar-refractivity contribution in [3.63, 3.8) is 0 Å². The largest absolute Gasteiger partial charge is 0.409 e. The zero-order chi connectivity index (χ0) is 11.4. The summed E-state index contributed by atoms with van der Waals surface area (Å²) in [5.74, 6) is 0.456. The van der Waals surface area contributed by atoms with Crippen molar-refractivity contribution in [3.05, 3.63) is 0 Å². The molecule has 0 aromatic rings. The number of hydrogen-bond donors (Lipinski definition) is 2. The lowest BCUT2D eigenvalue weighted by Gasteiger charge is -2.40. The third kappa shape index (κ3) is 3.09. The average Bonchev–Trinajstić information content (AvgIpc) is 2.22. The van der Waals surface area contributed by atoms with E-state index in [1.807, 2.05) is 6.92 Å². The van der Waals surface area contributed by atoms with Crippen LogP contribution in [0.2, 0.25) is 0 Å². The number of nitrogens with zero attached hydrogens (tertiary/aromatic N) is 2. The molecule has 0 spiro atoms. The van der Waals surface area contributed by atoms with Crippen molar-refractivity contribution in [1.82, 2.24) is 4.90 Å². The predicted octanol–water partition coefficient (Wildman–Crippen LogP) is 1.63. The van der Waals surface area contributed by atoms with E-state index in [0.717, 1.165) is 6.54 Å². The molecular weight excluding hydrogens is 190 g/mol. The first kappa shape index (κ1) is 12.3. The summed E-state index contributed by atoms with van der Waals surface area (Å²) in [6.07, 6.45) is 3.83. The quantitative estimate of drug-likeness (QED) is 0.324. The molecule has 1 heterocycles. The fraction of sp³-hybridized carbons (Fsp3) is 0.909. The maximum absolute atomic E-state index is 8.61. The first-order chi connectivity index (χ1) is 7.06. The van der Waals surface area contributed by atoms with Crippen LogP contribution in [0, 0.1) is 5.92 Å². The van der Waals surface area contributed by atoms with Gasteiger partial charge in [0.25, 0.3) is 0 Å². The van der Waals surface area contributed by atoms with Gasteiger partial charge >= 0.3 is 0 Å². The van der Waals surface area contributed by atoms with Crippen LogP contribution in [0.15, 0.2) is 5.16 Å². The van der Waals surface area contributed by atoms with E-state index >= 15 is 0 Å². The Morgan fingerprint density at radius 2 is 2.00 bits per heavy atom.